The average molecular weight is 349 g/mol. The number of rotatable bonds is 10. The van der Waals surface area contributed by atoms with Gasteiger partial charge in [0.1, 0.15) is 5.69 Å². The van der Waals surface area contributed by atoms with Gasteiger partial charge in [-0.1, -0.05) is 11.6 Å². The first-order valence-electron chi connectivity index (χ1n) is 7.08. The highest BCUT2D eigenvalue weighted by Gasteiger charge is 2.15. The molecule has 1 aromatic rings. The van der Waals surface area contributed by atoms with Gasteiger partial charge in [0.05, 0.1) is 31.3 Å². The Balaban J connectivity index is 2.22. The number of methoxy groups -OCH3 is 1. The van der Waals surface area contributed by atoms with Crippen molar-refractivity contribution < 1.29 is 28.5 Å². The number of carbonyl (C=O) groups excluding carboxylic acids is 2. The topological polar surface area (TPSA) is 102 Å². The van der Waals surface area contributed by atoms with Crippen molar-refractivity contribution in [3.05, 3.63) is 23.0 Å². The van der Waals surface area contributed by atoms with E-state index in [4.69, 9.17) is 36.4 Å². The fraction of sp³-hybridized carbons (Fsp3) is 0.571. The Kier molecular flexibility index (Phi) is 8.46. The number of aromatic nitrogens is 1. The molecule has 0 spiro atoms. The number of hydrogen-bond acceptors (Lipinski definition) is 7. The predicted octanol–water partition coefficient (Wildman–Crippen LogP) is 1.34. The van der Waals surface area contributed by atoms with Gasteiger partial charge in [0.2, 0.25) is 0 Å². The van der Waals surface area contributed by atoms with Gasteiger partial charge in [0.25, 0.3) is 0 Å². The van der Waals surface area contributed by atoms with E-state index in [9.17, 15) is 9.59 Å². The van der Waals surface area contributed by atoms with Crippen molar-refractivity contribution >= 4 is 23.5 Å². The van der Waals surface area contributed by atoms with Crippen molar-refractivity contribution in [3.8, 4) is 0 Å². The molecule has 0 radical (unpaired) electrons. The number of nitrogens with zero attached hydrogens (tertiary/aromatic N) is 1. The third kappa shape index (κ3) is 6.89. The minimum absolute atomic E-state index is 0.00329. The number of nitrogen functional groups attached to an aromatic ring is 1. The molecule has 1 aromatic heterocycles. The van der Waals surface area contributed by atoms with Crippen LogP contribution in [0.1, 0.15) is 30.3 Å². The standard InChI is InChI=1S/C14H21ClN2O6/c1-3-21-12(18)8-13(20-2)22-5-4-6-23-14(19)11-7-10(15)9-17(11)16/h7,9,13H,3-6,8,16H2,1-2H3. The Morgan fingerprint density at radius 3 is 2.65 bits per heavy atom. The molecule has 0 aliphatic carbocycles. The third-order valence-corrected chi connectivity index (χ3v) is 2.96. The SMILES string of the molecule is CCOC(=O)CC(OC)OCCCOC(=O)c1cc(Cl)cn1N. The smallest absolute Gasteiger partial charge is 0.356 e. The molecular weight excluding hydrogens is 328 g/mol. The van der Waals surface area contributed by atoms with Crippen LogP contribution < -0.4 is 5.84 Å². The van der Waals surface area contributed by atoms with E-state index in [1.165, 1.54) is 19.4 Å². The maximum atomic E-state index is 11.7. The molecule has 1 rings (SSSR count). The van der Waals surface area contributed by atoms with Crippen LogP contribution >= 0.6 is 11.6 Å². The van der Waals surface area contributed by atoms with Gasteiger partial charge >= 0.3 is 11.9 Å². The van der Waals surface area contributed by atoms with E-state index in [0.29, 0.717) is 18.1 Å². The summed E-state index contributed by atoms with van der Waals surface area (Å²) in [6, 6.07) is 1.42. The van der Waals surface area contributed by atoms with Crippen LogP contribution in [0.15, 0.2) is 12.3 Å². The molecule has 1 unspecified atom stereocenters. The van der Waals surface area contributed by atoms with Gasteiger partial charge in [-0.15, -0.1) is 0 Å². The summed E-state index contributed by atoms with van der Waals surface area (Å²) in [6.07, 6.45) is 1.15. The van der Waals surface area contributed by atoms with Gasteiger partial charge in [-0.05, 0) is 13.0 Å². The number of halogens is 1. The Morgan fingerprint density at radius 2 is 2.09 bits per heavy atom. The largest absolute Gasteiger partial charge is 0.466 e. The van der Waals surface area contributed by atoms with E-state index < -0.39 is 18.2 Å². The lowest BCUT2D eigenvalue weighted by Crippen LogP contribution is -2.22. The molecule has 23 heavy (non-hydrogen) atoms. The van der Waals surface area contributed by atoms with E-state index in [0.717, 1.165) is 4.68 Å². The molecule has 0 saturated carbocycles. The van der Waals surface area contributed by atoms with Crippen molar-refractivity contribution in [3.63, 3.8) is 0 Å². The summed E-state index contributed by atoms with van der Waals surface area (Å²) in [6.45, 7) is 2.42. The summed E-state index contributed by atoms with van der Waals surface area (Å²) in [5.41, 5.74) is 0.160. The van der Waals surface area contributed by atoms with Crippen LogP contribution in [0.5, 0.6) is 0 Å². The minimum atomic E-state index is -0.690. The van der Waals surface area contributed by atoms with Crippen molar-refractivity contribution in [1.29, 1.82) is 0 Å². The van der Waals surface area contributed by atoms with Crippen molar-refractivity contribution in [2.45, 2.75) is 26.1 Å². The van der Waals surface area contributed by atoms with Crippen LogP contribution in [-0.4, -0.2) is 49.8 Å². The molecule has 8 nitrogen and oxygen atoms in total. The summed E-state index contributed by atoms with van der Waals surface area (Å²) in [5, 5.41) is 0.352. The highest BCUT2D eigenvalue weighted by Crippen LogP contribution is 2.12. The Hall–Kier alpha value is -1.77. The number of esters is 2. The van der Waals surface area contributed by atoms with Gasteiger partial charge in [-0.3, -0.25) is 9.47 Å². The van der Waals surface area contributed by atoms with E-state index in [2.05, 4.69) is 0 Å². The molecule has 130 valence electrons. The molecule has 1 heterocycles. The molecule has 0 bridgehead atoms. The first kappa shape index (κ1) is 19.3. The second-order valence-electron chi connectivity index (χ2n) is 4.49. The van der Waals surface area contributed by atoms with Crippen LogP contribution in [0.25, 0.3) is 0 Å². The van der Waals surface area contributed by atoms with Gasteiger partial charge in [0, 0.05) is 19.7 Å². The Morgan fingerprint density at radius 1 is 1.35 bits per heavy atom. The molecule has 9 heteroatoms. The number of ether oxygens (including phenoxy) is 4. The van der Waals surface area contributed by atoms with Crippen molar-refractivity contribution in [2.75, 3.05) is 32.8 Å². The highest BCUT2D eigenvalue weighted by atomic mass is 35.5. The van der Waals surface area contributed by atoms with Gasteiger partial charge in [-0.2, -0.15) is 0 Å². The zero-order valence-corrected chi connectivity index (χ0v) is 13.9. The summed E-state index contributed by atoms with van der Waals surface area (Å²) in [5.74, 6) is 4.58. The zero-order chi connectivity index (χ0) is 17.2. The molecule has 0 fully saturated rings. The lowest BCUT2D eigenvalue weighted by molar-refractivity contribution is -0.164. The van der Waals surface area contributed by atoms with Crippen LogP contribution in [0.4, 0.5) is 0 Å². The molecule has 2 N–H and O–H groups in total. The van der Waals surface area contributed by atoms with Gasteiger partial charge in [-0.25, -0.2) is 4.79 Å². The summed E-state index contributed by atoms with van der Waals surface area (Å²) < 4.78 is 21.3. The molecule has 0 amide bonds. The van der Waals surface area contributed by atoms with E-state index in [1.54, 1.807) is 6.92 Å². The van der Waals surface area contributed by atoms with Gasteiger partial charge in [0.15, 0.2) is 6.29 Å². The fourth-order valence-electron chi connectivity index (χ4n) is 1.69. The number of carbonyl (C=O) groups is 2. The second kappa shape index (κ2) is 10.1. The molecule has 1 atom stereocenters. The molecule has 0 aromatic carbocycles. The second-order valence-corrected chi connectivity index (χ2v) is 4.92. The Labute approximate surface area is 139 Å². The maximum Gasteiger partial charge on any atom is 0.356 e. The van der Waals surface area contributed by atoms with Gasteiger partial charge < -0.3 is 24.8 Å². The van der Waals surface area contributed by atoms with E-state index in [-0.39, 0.29) is 25.3 Å². The number of hydrogen-bond donors (Lipinski definition) is 1. The molecule has 0 aliphatic rings. The first-order chi connectivity index (χ1) is 11.0. The maximum absolute atomic E-state index is 11.7. The summed E-state index contributed by atoms with van der Waals surface area (Å²) in [7, 11) is 1.43. The van der Waals surface area contributed by atoms with Crippen molar-refractivity contribution in [2.24, 2.45) is 0 Å². The van der Waals surface area contributed by atoms with E-state index >= 15 is 0 Å². The van der Waals surface area contributed by atoms with Crippen LogP contribution in [-0.2, 0) is 23.7 Å². The monoisotopic (exact) mass is 348 g/mol. The quantitative estimate of drug-likeness (QED) is 0.294. The van der Waals surface area contributed by atoms with Crippen LogP contribution in [0, 0.1) is 0 Å². The number of nitrogens with two attached hydrogens (primary N) is 1. The summed E-state index contributed by atoms with van der Waals surface area (Å²) in [4.78, 5) is 23.0. The lowest BCUT2D eigenvalue weighted by Gasteiger charge is -2.15. The molecular formula is C14H21ClN2O6. The third-order valence-electron chi connectivity index (χ3n) is 2.75. The van der Waals surface area contributed by atoms with Crippen LogP contribution in [0.2, 0.25) is 5.02 Å². The molecule has 0 saturated heterocycles. The van der Waals surface area contributed by atoms with E-state index in [1.807, 2.05) is 0 Å². The summed E-state index contributed by atoms with van der Waals surface area (Å²) >= 11 is 5.73. The normalized spacial score (nSPS) is 12.0. The Bertz CT molecular complexity index is 519. The van der Waals surface area contributed by atoms with Crippen molar-refractivity contribution in [1.82, 2.24) is 4.68 Å². The minimum Gasteiger partial charge on any atom is -0.466 e. The van der Waals surface area contributed by atoms with Crippen LogP contribution in [0.3, 0.4) is 0 Å². The zero-order valence-electron chi connectivity index (χ0n) is 13.1. The predicted molar refractivity (Wildman–Crippen MR) is 82.5 cm³/mol. The molecule has 0 aliphatic heterocycles. The average Bonchev–Trinajstić information content (AvgIpc) is 2.84. The first-order valence-corrected chi connectivity index (χ1v) is 7.45. The highest BCUT2D eigenvalue weighted by molar-refractivity contribution is 6.30. The lowest BCUT2D eigenvalue weighted by atomic mass is 10.4. The fourth-order valence-corrected chi connectivity index (χ4v) is 1.90.